The van der Waals surface area contributed by atoms with Crippen LogP contribution in [0.5, 0.6) is 0 Å². The van der Waals surface area contributed by atoms with E-state index >= 15 is 0 Å². The molecular formula is C15H27NO2Si. The van der Waals surface area contributed by atoms with Crippen molar-refractivity contribution in [1.29, 1.82) is 0 Å². The zero-order valence-electron chi connectivity index (χ0n) is 13.0. The number of carbonyl (C=O) groups excluding carboxylic acids is 1. The van der Waals surface area contributed by atoms with Crippen LogP contribution in [0, 0.1) is 0 Å². The van der Waals surface area contributed by atoms with E-state index < -0.39 is 8.32 Å². The van der Waals surface area contributed by atoms with Crippen molar-refractivity contribution < 1.29 is 9.22 Å². The van der Waals surface area contributed by atoms with Gasteiger partial charge in [0, 0.05) is 19.2 Å². The molecule has 0 radical (unpaired) electrons. The molecule has 0 spiro atoms. The molecule has 0 aliphatic carbocycles. The summed E-state index contributed by atoms with van der Waals surface area (Å²) in [5.41, 5.74) is 1.13. The Morgan fingerprint density at radius 2 is 2.05 bits per heavy atom. The molecule has 1 aliphatic heterocycles. The second kappa shape index (κ2) is 6.05. The molecule has 0 fully saturated rings. The summed E-state index contributed by atoms with van der Waals surface area (Å²) >= 11 is 0. The van der Waals surface area contributed by atoms with Crippen molar-refractivity contribution in [2.24, 2.45) is 0 Å². The highest BCUT2D eigenvalue weighted by molar-refractivity contribution is 6.74. The number of nitrogens with zero attached hydrogens (tertiary/aromatic N) is 1. The Kier molecular flexibility index (Phi) is 5.16. The van der Waals surface area contributed by atoms with Gasteiger partial charge in [-0.15, -0.1) is 0 Å². The number of hydrogen-bond acceptors (Lipinski definition) is 2. The Balaban J connectivity index is 2.53. The van der Waals surface area contributed by atoms with Gasteiger partial charge >= 0.3 is 0 Å². The lowest BCUT2D eigenvalue weighted by atomic mass is 10.1. The van der Waals surface area contributed by atoms with Crippen molar-refractivity contribution in [2.75, 3.05) is 13.2 Å². The topological polar surface area (TPSA) is 29.5 Å². The molecule has 0 atom stereocenters. The van der Waals surface area contributed by atoms with Crippen molar-refractivity contribution in [3.63, 3.8) is 0 Å². The molecule has 3 nitrogen and oxygen atoms in total. The van der Waals surface area contributed by atoms with Gasteiger partial charge in [-0.05, 0) is 30.1 Å². The van der Waals surface area contributed by atoms with Crippen molar-refractivity contribution in [1.82, 2.24) is 4.90 Å². The second-order valence-corrected chi connectivity index (χ2v) is 11.4. The molecule has 1 amide bonds. The van der Waals surface area contributed by atoms with Gasteiger partial charge < -0.3 is 9.33 Å². The van der Waals surface area contributed by atoms with Crippen molar-refractivity contribution in [3.8, 4) is 0 Å². The molecule has 0 unspecified atom stereocenters. The van der Waals surface area contributed by atoms with E-state index in [1.165, 1.54) is 0 Å². The SMILES string of the molecule is C=CC1=CN(CCO[Si](C)(C)C(C)(C)C)C(=O)CC1. The molecule has 1 heterocycles. The average Bonchev–Trinajstić information content (AvgIpc) is 2.30. The van der Waals surface area contributed by atoms with Gasteiger partial charge in [0.15, 0.2) is 8.32 Å². The quantitative estimate of drug-likeness (QED) is 0.719. The first-order valence-corrected chi connectivity index (χ1v) is 9.85. The van der Waals surface area contributed by atoms with Gasteiger partial charge in [0.05, 0.1) is 6.61 Å². The maximum absolute atomic E-state index is 11.8. The highest BCUT2D eigenvalue weighted by Gasteiger charge is 2.37. The Morgan fingerprint density at radius 1 is 1.42 bits per heavy atom. The Hall–Kier alpha value is -0.873. The Bertz CT molecular complexity index is 380. The van der Waals surface area contributed by atoms with E-state index in [0.717, 1.165) is 12.0 Å². The minimum absolute atomic E-state index is 0.185. The first-order valence-electron chi connectivity index (χ1n) is 6.94. The van der Waals surface area contributed by atoms with Crippen LogP contribution in [0.1, 0.15) is 33.6 Å². The van der Waals surface area contributed by atoms with Gasteiger partial charge in [-0.2, -0.15) is 0 Å². The fourth-order valence-electron chi connectivity index (χ4n) is 1.69. The number of carbonyl (C=O) groups is 1. The van der Waals surface area contributed by atoms with Crippen LogP contribution >= 0.6 is 0 Å². The van der Waals surface area contributed by atoms with Crippen LogP contribution in [0.3, 0.4) is 0 Å². The summed E-state index contributed by atoms with van der Waals surface area (Å²) in [5, 5.41) is 0.209. The van der Waals surface area contributed by atoms with E-state index in [2.05, 4.69) is 40.4 Å². The molecule has 4 heteroatoms. The number of allylic oxidation sites excluding steroid dienone is 2. The van der Waals surface area contributed by atoms with Gasteiger partial charge in [0.25, 0.3) is 0 Å². The summed E-state index contributed by atoms with van der Waals surface area (Å²) in [4.78, 5) is 13.6. The zero-order valence-corrected chi connectivity index (χ0v) is 14.0. The molecule has 0 saturated carbocycles. The normalized spacial score (nSPS) is 17.4. The molecule has 1 aliphatic rings. The summed E-state index contributed by atoms with van der Waals surface area (Å²) in [7, 11) is -1.72. The number of amides is 1. The molecule has 19 heavy (non-hydrogen) atoms. The monoisotopic (exact) mass is 281 g/mol. The summed E-state index contributed by atoms with van der Waals surface area (Å²) in [5.74, 6) is 0.185. The first-order chi connectivity index (χ1) is 8.67. The molecule has 0 bridgehead atoms. The van der Waals surface area contributed by atoms with Crippen LogP contribution in [-0.2, 0) is 9.22 Å². The molecule has 1 rings (SSSR count). The standard InChI is InChI=1S/C15H27NO2Si/c1-7-13-8-9-14(17)16(12-13)10-11-18-19(5,6)15(2,3)4/h7,12H,1,8-11H2,2-6H3. The van der Waals surface area contributed by atoms with Crippen LogP contribution in [0.25, 0.3) is 0 Å². The molecule has 108 valence electrons. The fraction of sp³-hybridized carbons (Fsp3) is 0.667. The van der Waals surface area contributed by atoms with Gasteiger partial charge in [-0.1, -0.05) is 33.4 Å². The number of hydrogen-bond donors (Lipinski definition) is 0. The number of rotatable bonds is 5. The van der Waals surface area contributed by atoms with E-state index in [1.807, 2.05) is 12.3 Å². The summed E-state index contributed by atoms with van der Waals surface area (Å²) in [6.07, 6.45) is 5.13. The summed E-state index contributed by atoms with van der Waals surface area (Å²) in [6.45, 7) is 16.2. The highest BCUT2D eigenvalue weighted by Crippen LogP contribution is 2.36. The van der Waals surface area contributed by atoms with E-state index in [9.17, 15) is 4.79 Å². The lowest BCUT2D eigenvalue weighted by molar-refractivity contribution is -0.129. The molecule has 0 aromatic carbocycles. The molecule has 0 N–H and O–H groups in total. The predicted octanol–water partition coefficient (Wildman–Crippen LogP) is 3.70. The predicted molar refractivity (Wildman–Crippen MR) is 82.4 cm³/mol. The molecule has 0 aromatic heterocycles. The summed E-state index contributed by atoms with van der Waals surface area (Å²) in [6, 6.07) is 0. The maximum Gasteiger partial charge on any atom is 0.226 e. The summed E-state index contributed by atoms with van der Waals surface area (Å²) < 4.78 is 6.10. The van der Waals surface area contributed by atoms with Crippen LogP contribution < -0.4 is 0 Å². The van der Waals surface area contributed by atoms with Crippen molar-refractivity contribution in [3.05, 3.63) is 24.4 Å². The lowest BCUT2D eigenvalue weighted by Crippen LogP contribution is -2.43. The van der Waals surface area contributed by atoms with Crippen LogP contribution in [0.4, 0.5) is 0 Å². The zero-order chi connectivity index (χ0) is 14.7. The first kappa shape index (κ1) is 16.2. The van der Waals surface area contributed by atoms with Crippen LogP contribution in [0.2, 0.25) is 18.1 Å². The lowest BCUT2D eigenvalue weighted by Gasteiger charge is -2.36. The third-order valence-electron chi connectivity index (χ3n) is 4.13. The maximum atomic E-state index is 11.8. The molecule has 0 saturated heterocycles. The fourth-order valence-corrected chi connectivity index (χ4v) is 2.73. The minimum atomic E-state index is -1.72. The van der Waals surface area contributed by atoms with Crippen molar-refractivity contribution in [2.45, 2.75) is 51.7 Å². The highest BCUT2D eigenvalue weighted by atomic mass is 28.4. The van der Waals surface area contributed by atoms with Gasteiger partial charge in [0.1, 0.15) is 0 Å². The Labute approximate surface area is 118 Å². The van der Waals surface area contributed by atoms with E-state index in [4.69, 9.17) is 4.43 Å². The Morgan fingerprint density at radius 3 is 2.58 bits per heavy atom. The van der Waals surface area contributed by atoms with Gasteiger partial charge in [-0.3, -0.25) is 4.79 Å². The van der Waals surface area contributed by atoms with E-state index in [-0.39, 0.29) is 10.9 Å². The van der Waals surface area contributed by atoms with Gasteiger partial charge in [-0.25, -0.2) is 0 Å². The van der Waals surface area contributed by atoms with Crippen LogP contribution in [-0.4, -0.2) is 32.3 Å². The van der Waals surface area contributed by atoms with Gasteiger partial charge in [0.2, 0.25) is 5.91 Å². The third-order valence-corrected chi connectivity index (χ3v) is 8.67. The second-order valence-electron chi connectivity index (χ2n) is 6.60. The smallest absolute Gasteiger partial charge is 0.226 e. The average molecular weight is 281 g/mol. The largest absolute Gasteiger partial charge is 0.415 e. The molecule has 0 aromatic rings. The van der Waals surface area contributed by atoms with Crippen LogP contribution in [0.15, 0.2) is 24.4 Å². The third kappa shape index (κ3) is 4.32. The molecular weight excluding hydrogens is 254 g/mol. The van der Waals surface area contributed by atoms with E-state index in [0.29, 0.717) is 19.6 Å². The minimum Gasteiger partial charge on any atom is -0.415 e. The van der Waals surface area contributed by atoms with E-state index in [1.54, 1.807) is 4.90 Å². The van der Waals surface area contributed by atoms with Crippen molar-refractivity contribution >= 4 is 14.2 Å².